The molecule has 0 unspecified atom stereocenters. The summed E-state index contributed by atoms with van der Waals surface area (Å²) in [6, 6.07) is 12.9. The second-order valence-corrected chi connectivity index (χ2v) is 8.32. The van der Waals surface area contributed by atoms with Crippen LogP contribution in [0.1, 0.15) is 22.3 Å². The highest BCUT2D eigenvalue weighted by atomic mass is 35.7. The predicted molar refractivity (Wildman–Crippen MR) is 99.3 cm³/mol. The Kier molecular flexibility index (Phi) is 4.34. The van der Waals surface area contributed by atoms with Gasteiger partial charge in [0.05, 0.1) is 0 Å². The number of anilines is 2. The zero-order valence-electron chi connectivity index (χ0n) is 13.6. The van der Waals surface area contributed by atoms with E-state index in [9.17, 15) is 0 Å². The molecule has 4 heteroatoms. The minimum absolute atomic E-state index is 0.870. The lowest BCUT2D eigenvalue weighted by atomic mass is 10.1. The van der Waals surface area contributed by atoms with Crippen molar-refractivity contribution < 1.29 is 0 Å². The largest absolute Gasteiger partial charge is 0.319 e. The van der Waals surface area contributed by atoms with Crippen LogP contribution < -0.4 is 9.34 Å². The van der Waals surface area contributed by atoms with Gasteiger partial charge in [0.1, 0.15) is 0 Å². The van der Waals surface area contributed by atoms with Crippen LogP contribution in [0.3, 0.4) is 0 Å². The highest BCUT2D eigenvalue weighted by Crippen LogP contribution is 2.58. The van der Waals surface area contributed by atoms with Crippen molar-refractivity contribution in [2.24, 2.45) is 0 Å². The number of hydrogen-bond donors (Lipinski definition) is 0. The number of aryl methyl sites for hydroxylation is 4. The molecule has 0 bridgehead atoms. The SMILES string of the molecule is Cc1cccc(C)c1N1CCN(c2c(C)cccc2C)P1Cl. The van der Waals surface area contributed by atoms with Crippen molar-refractivity contribution in [1.29, 1.82) is 0 Å². The van der Waals surface area contributed by atoms with Gasteiger partial charge in [0.2, 0.25) is 0 Å². The maximum Gasteiger partial charge on any atom is 0.197 e. The summed E-state index contributed by atoms with van der Waals surface area (Å²) in [5.41, 5.74) is 7.82. The standard InChI is InChI=1S/C18H22ClN2P/c1-13-7-5-8-14(2)17(13)20-11-12-21(22(20)19)18-15(3)9-6-10-16(18)4/h5-10H,11-12H2,1-4H3. The molecule has 0 aromatic heterocycles. The smallest absolute Gasteiger partial charge is 0.197 e. The van der Waals surface area contributed by atoms with Gasteiger partial charge in [-0.25, -0.2) is 0 Å². The maximum absolute atomic E-state index is 6.92. The molecule has 22 heavy (non-hydrogen) atoms. The van der Waals surface area contributed by atoms with Gasteiger partial charge in [0.25, 0.3) is 0 Å². The summed E-state index contributed by atoms with van der Waals surface area (Å²) in [6.07, 6.45) is 0. The van der Waals surface area contributed by atoms with Crippen LogP contribution >= 0.6 is 18.8 Å². The number of rotatable bonds is 2. The van der Waals surface area contributed by atoms with Crippen molar-refractivity contribution in [2.75, 3.05) is 22.4 Å². The molecule has 0 radical (unpaired) electrons. The van der Waals surface area contributed by atoms with Crippen molar-refractivity contribution in [3.8, 4) is 0 Å². The summed E-state index contributed by atoms with van der Waals surface area (Å²) in [5.74, 6) is 0. The molecule has 0 N–H and O–H groups in total. The van der Waals surface area contributed by atoms with Crippen molar-refractivity contribution >= 4 is 30.2 Å². The second kappa shape index (κ2) is 6.10. The molecule has 1 saturated heterocycles. The predicted octanol–water partition coefficient (Wildman–Crippen LogP) is 5.71. The van der Waals surface area contributed by atoms with Crippen molar-refractivity contribution in [3.05, 3.63) is 58.7 Å². The zero-order valence-corrected chi connectivity index (χ0v) is 15.2. The molecule has 1 fully saturated rings. The highest BCUT2D eigenvalue weighted by Gasteiger charge is 2.34. The Morgan fingerprint density at radius 2 is 1.05 bits per heavy atom. The van der Waals surface area contributed by atoms with Crippen molar-refractivity contribution in [2.45, 2.75) is 27.7 Å². The van der Waals surface area contributed by atoms with Gasteiger partial charge in [-0.05, 0) is 61.2 Å². The first-order valence-electron chi connectivity index (χ1n) is 7.64. The molecule has 2 nitrogen and oxygen atoms in total. The Morgan fingerprint density at radius 3 is 1.36 bits per heavy atom. The molecular weight excluding hydrogens is 311 g/mol. The third-order valence-corrected chi connectivity index (χ3v) is 7.01. The molecule has 0 saturated carbocycles. The molecule has 1 aliphatic heterocycles. The fraction of sp³-hybridized carbons (Fsp3) is 0.333. The van der Waals surface area contributed by atoms with Crippen LogP contribution in [-0.2, 0) is 0 Å². The number of benzene rings is 2. The molecule has 2 aromatic carbocycles. The number of hydrogen-bond acceptors (Lipinski definition) is 2. The minimum Gasteiger partial charge on any atom is -0.319 e. The Labute approximate surface area is 139 Å². The Hall–Kier alpha value is -1.24. The normalized spacial score (nSPS) is 15.7. The molecule has 2 aromatic rings. The molecular formula is C18H22ClN2P. The summed E-state index contributed by atoms with van der Waals surface area (Å²) in [5, 5.41) is 0. The highest BCUT2D eigenvalue weighted by molar-refractivity contribution is 7.86. The van der Waals surface area contributed by atoms with E-state index in [1.54, 1.807) is 0 Å². The van der Waals surface area contributed by atoms with Crippen molar-refractivity contribution in [3.63, 3.8) is 0 Å². The first-order valence-corrected chi connectivity index (χ1v) is 9.79. The molecule has 0 amide bonds. The molecule has 0 aliphatic carbocycles. The van der Waals surface area contributed by atoms with Gasteiger partial charge in [0.15, 0.2) is 7.58 Å². The number of para-hydroxylation sites is 2. The van der Waals surface area contributed by atoms with Crippen LogP contribution in [0.5, 0.6) is 0 Å². The van der Waals surface area contributed by atoms with Gasteiger partial charge in [-0.1, -0.05) is 36.4 Å². The molecule has 1 aliphatic rings. The first kappa shape index (κ1) is 15.6. The van der Waals surface area contributed by atoms with Gasteiger partial charge in [0, 0.05) is 24.5 Å². The summed E-state index contributed by atoms with van der Waals surface area (Å²) in [4.78, 5) is 0. The van der Waals surface area contributed by atoms with E-state index < -0.39 is 7.58 Å². The van der Waals surface area contributed by atoms with Crippen LogP contribution in [0.4, 0.5) is 11.4 Å². The molecule has 0 atom stereocenters. The van der Waals surface area contributed by atoms with E-state index in [4.69, 9.17) is 11.2 Å². The topological polar surface area (TPSA) is 6.48 Å². The molecule has 3 rings (SSSR count). The maximum atomic E-state index is 6.92. The first-order chi connectivity index (χ1) is 10.5. The fourth-order valence-electron chi connectivity index (χ4n) is 3.30. The van der Waals surface area contributed by atoms with E-state index in [2.05, 4.69) is 73.4 Å². The van der Waals surface area contributed by atoms with Gasteiger partial charge < -0.3 is 9.34 Å². The Balaban J connectivity index is 1.98. The Bertz CT molecular complexity index is 601. The van der Waals surface area contributed by atoms with E-state index in [0.29, 0.717) is 0 Å². The van der Waals surface area contributed by atoms with Crippen LogP contribution in [0, 0.1) is 27.7 Å². The minimum atomic E-state index is -0.870. The monoisotopic (exact) mass is 332 g/mol. The fourth-order valence-corrected chi connectivity index (χ4v) is 5.94. The van der Waals surface area contributed by atoms with Crippen molar-refractivity contribution in [1.82, 2.24) is 0 Å². The van der Waals surface area contributed by atoms with Crippen LogP contribution in [0.2, 0.25) is 0 Å². The van der Waals surface area contributed by atoms with Crippen LogP contribution in [-0.4, -0.2) is 13.1 Å². The summed E-state index contributed by atoms with van der Waals surface area (Å²) < 4.78 is 4.76. The molecule has 0 spiro atoms. The van der Waals surface area contributed by atoms with E-state index in [1.165, 1.54) is 33.6 Å². The summed E-state index contributed by atoms with van der Waals surface area (Å²) >= 11 is 6.92. The van der Waals surface area contributed by atoms with Gasteiger partial charge in [-0.15, -0.1) is 0 Å². The third kappa shape index (κ3) is 2.59. The van der Waals surface area contributed by atoms with Gasteiger partial charge in [-0.3, -0.25) is 0 Å². The Morgan fingerprint density at radius 1 is 0.727 bits per heavy atom. The lowest BCUT2D eigenvalue weighted by Gasteiger charge is -2.30. The molecule has 116 valence electrons. The summed E-state index contributed by atoms with van der Waals surface area (Å²) in [7, 11) is -0.870. The van der Waals surface area contributed by atoms with Crippen LogP contribution in [0.15, 0.2) is 36.4 Å². The molecule has 1 heterocycles. The van der Waals surface area contributed by atoms with E-state index in [-0.39, 0.29) is 0 Å². The lowest BCUT2D eigenvalue weighted by Crippen LogP contribution is -2.14. The van der Waals surface area contributed by atoms with Gasteiger partial charge in [-0.2, -0.15) is 0 Å². The third-order valence-electron chi connectivity index (χ3n) is 4.32. The average molecular weight is 333 g/mol. The number of nitrogens with zero attached hydrogens (tertiary/aromatic N) is 2. The average Bonchev–Trinajstić information content (AvgIpc) is 2.81. The second-order valence-electron chi connectivity index (χ2n) is 5.97. The van der Waals surface area contributed by atoms with E-state index in [1.807, 2.05) is 0 Å². The quantitative estimate of drug-likeness (QED) is 0.650. The zero-order chi connectivity index (χ0) is 15.9. The van der Waals surface area contributed by atoms with E-state index in [0.717, 1.165) is 13.1 Å². The lowest BCUT2D eigenvalue weighted by molar-refractivity contribution is 1.01. The van der Waals surface area contributed by atoms with E-state index >= 15 is 0 Å². The number of halogens is 1. The van der Waals surface area contributed by atoms with Crippen LogP contribution in [0.25, 0.3) is 0 Å². The summed E-state index contributed by atoms with van der Waals surface area (Å²) in [6.45, 7) is 10.6. The van der Waals surface area contributed by atoms with Gasteiger partial charge >= 0.3 is 0 Å².